The second-order valence-electron chi connectivity index (χ2n) is 6.40. The van der Waals surface area contributed by atoms with Gasteiger partial charge >= 0.3 is 0 Å². The number of oxazole rings is 1. The Bertz CT molecular complexity index is 1270. The summed E-state index contributed by atoms with van der Waals surface area (Å²) in [5, 5.41) is 4.23. The lowest BCUT2D eigenvalue weighted by molar-refractivity contribution is 0.592. The molecule has 0 amide bonds. The average Bonchev–Trinajstić information content (AvgIpc) is 3.09. The van der Waals surface area contributed by atoms with Crippen molar-refractivity contribution in [1.82, 2.24) is 9.97 Å². The minimum atomic E-state index is -2.37. The van der Waals surface area contributed by atoms with E-state index in [2.05, 4.69) is 25.9 Å². The van der Waals surface area contributed by atoms with Crippen molar-refractivity contribution in [2.45, 2.75) is 0 Å². The van der Waals surface area contributed by atoms with E-state index in [0.29, 0.717) is 33.5 Å². The van der Waals surface area contributed by atoms with Crippen LogP contribution in [0.5, 0.6) is 0 Å². The van der Waals surface area contributed by atoms with Gasteiger partial charge in [0, 0.05) is 49.9 Å². The first-order valence-corrected chi connectivity index (χ1v) is 10.5. The molecule has 4 aromatic rings. The topological polar surface area (TPSA) is 80.0 Å². The van der Waals surface area contributed by atoms with Crippen LogP contribution in [0.15, 0.2) is 65.5 Å². The van der Waals surface area contributed by atoms with E-state index in [1.165, 1.54) is 12.5 Å². The van der Waals surface area contributed by atoms with Gasteiger partial charge in [0.05, 0.1) is 12.4 Å². The van der Waals surface area contributed by atoms with Gasteiger partial charge in [0.2, 0.25) is 0 Å². The first kappa shape index (κ1) is 18.0. The Hall–Kier alpha value is -3.39. The minimum absolute atomic E-state index is 0.286. The zero-order chi connectivity index (χ0) is 19.7. The highest BCUT2D eigenvalue weighted by atomic mass is 32.2. The van der Waals surface area contributed by atoms with Gasteiger partial charge in [-0.15, -0.1) is 0 Å². The van der Waals surface area contributed by atoms with Crippen LogP contribution in [0, 0.1) is 5.82 Å². The van der Waals surface area contributed by atoms with E-state index in [0.717, 1.165) is 0 Å². The predicted octanol–water partition coefficient (Wildman–Crippen LogP) is 4.45. The maximum atomic E-state index is 14.0. The van der Waals surface area contributed by atoms with Gasteiger partial charge in [-0.05, 0) is 30.1 Å². The molecule has 6 nitrogen and oxygen atoms in total. The molecule has 0 saturated carbocycles. The number of rotatable bonds is 5. The minimum Gasteiger partial charge on any atom is -0.423 e. The first-order chi connectivity index (χ1) is 13.4. The van der Waals surface area contributed by atoms with Crippen molar-refractivity contribution in [3.05, 3.63) is 66.9 Å². The molecule has 1 unspecified atom stereocenters. The summed E-state index contributed by atoms with van der Waals surface area (Å²) in [7, 11) is -2.37. The fraction of sp³-hybridized carbons (Fsp3) is 0.0500. The van der Waals surface area contributed by atoms with E-state index in [4.69, 9.17) is 4.42 Å². The maximum Gasteiger partial charge on any atom is 0.299 e. The molecule has 0 fully saturated rings. The van der Waals surface area contributed by atoms with Crippen molar-refractivity contribution in [3.8, 4) is 11.3 Å². The van der Waals surface area contributed by atoms with Gasteiger partial charge in [-0.3, -0.25) is 4.98 Å². The second-order valence-corrected chi connectivity index (χ2v) is 8.61. The zero-order valence-corrected chi connectivity index (χ0v) is 15.8. The Kier molecular flexibility index (Phi) is 4.48. The highest BCUT2D eigenvalue weighted by Crippen LogP contribution is 2.28. The Balaban J connectivity index is 1.59. The number of nitrogens with one attached hydrogen (secondary N) is 2. The molecule has 4 rings (SSSR count). The summed E-state index contributed by atoms with van der Waals surface area (Å²) in [6, 6.07) is 12.8. The Labute approximate surface area is 161 Å². The van der Waals surface area contributed by atoms with Crippen LogP contribution in [0.2, 0.25) is 0 Å². The van der Waals surface area contributed by atoms with Gasteiger partial charge in [-0.25, -0.2) is 13.6 Å². The molecule has 0 bridgehead atoms. The number of halogens is 1. The number of nitrogens with zero attached hydrogens (tertiary/aromatic N) is 2. The lowest BCUT2D eigenvalue weighted by atomic mass is 10.1. The molecular weight excluding hydrogens is 379 g/mol. The van der Waals surface area contributed by atoms with Crippen molar-refractivity contribution in [3.63, 3.8) is 0 Å². The highest BCUT2D eigenvalue weighted by Gasteiger charge is 2.10. The number of hydrogen-bond acceptors (Lipinski definition) is 5. The molecule has 1 atom stereocenters. The van der Waals surface area contributed by atoms with Gasteiger partial charge in [0.1, 0.15) is 5.82 Å². The Morgan fingerprint density at radius 3 is 2.75 bits per heavy atom. The van der Waals surface area contributed by atoms with Crippen molar-refractivity contribution in [2.24, 2.45) is 0 Å². The third-order valence-electron chi connectivity index (χ3n) is 3.95. The van der Waals surface area contributed by atoms with Crippen LogP contribution in [-0.2, 0) is 9.71 Å². The fourth-order valence-corrected chi connectivity index (χ4v) is 3.41. The van der Waals surface area contributed by atoms with Gasteiger partial charge in [0.25, 0.3) is 6.01 Å². The SMILES string of the molecule is C=S(C)(=O)Nc1cccc(Nc2ncc(-c3ccc4cncc(F)c4c3)o2)c1. The lowest BCUT2D eigenvalue weighted by Gasteiger charge is -2.09. The monoisotopic (exact) mass is 396 g/mol. The second kappa shape index (κ2) is 6.97. The number of fused-ring (bicyclic) bond motifs is 1. The summed E-state index contributed by atoms with van der Waals surface area (Å²) >= 11 is 0. The summed E-state index contributed by atoms with van der Waals surface area (Å²) in [6.45, 7) is 0. The van der Waals surface area contributed by atoms with Gasteiger partial charge in [-0.2, -0.15) is 0 Å². The highest BCUT2D eigenvalue weighted by molar-refractivity contribution is 8.00. The smallest absolute Gasteiger partial charge is 0.299 e. The molecule has 0 aliphatic carbocycles. The molecular formula is C20H17FN4O2S. The molecule has 0 spiro atoms. The van der Waals surface area contributed by atoms with Crippen molar-refractivity contribution < 1.29 is 13.0 Å². The summed E-state index contributed by atoms with van der Waals surface area (Å²) < 4.78 is 34.4. The van der Waals surface area contributed by atoms with Crippen LogP contribution in [0.25, 0.3) is 22.1 Å². The lowest BCUT2D eigenvalue weighted by Crippen LogP contribution is -2.09. The molecule has 2 heterocycles. The average molecular weight is 396 g/mol. The van der Waals surface area contributed by atoms with Gasteiger partial charge in [0.15, 0.2) is 5.76 Å². The van der Waals surface area contributed by atoms with E-state index in [9.17, 15) is 8.60 Å². The van der Waals surface area contributed by atoms with Crippen LogP contribution >= 0.6 is 0 Å². The number of hydrogen-bond donors (Lipinski definition) is 2. The molecule has 0 aliphatic rings. The van der Waals surface area contributed by atoms with E-state index in [1.807, 2.05) is 12.1 Å². The molecule has 2 aromatic heterocycles. The van der Waals surface area contributed by atoms with E-state index >= 15 is 0 Å². The molecule has 8 heteroatoms. The predicted molar refractivity (Wildman–Crippen MR) is 112 cm³/mol. The molecule has 142 valence electrons. The Morgan fingerprint density at radius 2 is 1.93 bits per heavy atom. The number of benzene rings is 2. The molecule has 0 aliphatic heterocycles. The van der Waals surface area contributed by atoms with Crippen molar-refractivity contribution in [2.75, 3.05) is 16.3 Å². The third-order valence-corrected chi connectivity index (χ3v) is 4.62. The molecule has 2 N–H and O–H groups in total. The first-order valence-electron chi connectivity index (χ1n) is 8.34. The summed E-state index contributed by atoms with van der Waals surface area (Å²) in [4.78, 5) is 8.07. The Morgan fingerprint density at radius 1 is 1.11 bits per heavy atom. The number of anilines is 3. The normalized spacial score (nSPS) is 13.2. The summed E-state index contributed by atoms with van der Waals surface area (Å²) in [5.74, 6) is 3.69. The standard InChI is InChI=1S/C20H17FN4O2S/c1-28(2,26)25-16-5-3-4-15(9-16)24-20-23-12-19(27-20)13-6-7-14-10-22-11-18(21)17(14)8-13/h3-12H,1H2,2H3,(H,23,24)(H,25,26). The molecule has 28 heavy (non-hydrogen) atoms. The van der Waals surface area contributed by atoms with E-state index in [1.54, 1.807) is 42.7 Å². The third kappa shape index (κ3) is 3.96. The van der Waals surface area contributed by atoms with Crippen LogP contribution < -0.4 is 10.0 Å². The van der Waals surface area contributed by atoms with Crippen LogP contribution in [0.3, 0.4) is 0 Å². The van der Waals surface area contributed by atoms with Gasteiger partial charge in [-0.1, -0.05) is 18.2 Å². The molecule has 0 radical (unpaired) electrons. The molecule has 2 aromatic carbocycles. The van der Waals surface area contributed by atoms with E-state index < -0.39 is 9.71 Å². The largest absolute Gasteiger partial charge is 0.423 e. The molecule has 0 saturated heterocycles. The zero-order valence-electron chi connectivity index (χ0n) is 15.0. The van der Waals surface area contributed by atoms with Crippen LogP contribution in [0.4, 0.5) is 21.8 Å². The van der Waals surface area contributed by atoms with Crippen LogP contribution in [-0.4, -0.2) is 26.3 Å². The number of aromatic nitrogens is 2. The van der Waals surface area contributed by atoms with E-state index in [-0.39, 0.29) is 11.8 Å². The summed E-state index contributed by atoms with van der Waals surface area (Å²) in [6.07, 6.45) is 5.88. The fourth-order valence-electron chi connectivity index (χ4n) is 2.78. The quantitative estimate of drug-likeness (QED) is 0.487. The number of pyridine rings is 1. The summed E-state index contributed by atoms with van der Waals surface area (Å²) in [5.41, 5.74) is 2.08. The maximum absolute atomic E-state index is 14.0. The van der Waals surface area contributed by atoms with Gasteiger partial charge < -0.3 is 14.5 Å². The van der Waals surface area contributed by atoms with Crippen molar-refractivity contribution >= 4 is 43.7 Å². The van der Waals surface area contributed by atoms with Crippen LogP contribution in [0.1, 0.15) is 0 Å². The van der Waals surface area contributed by atoms with Crippen molar-refractivity contribution in [1.29, 1.82) is 0 Å².